The van der Waals surface area contributed by atoms with Crippen LogP contribution in [0, 0.1) is 0 Å². The van der Waals surface area contributed by atoms with Crippen LogP contribution in [0.2, 0.25) is 0 Å². The summed E-state index contributed by atoms with van der Waals surface area (Å²) in [5.41, 5.74) is 11.2. The molecule has 3 N–H and O–H groups in total. The van der Waals surface area contributed by atoms with Crippen LogP contribution in [0.15, 0.2) is 91.0 Å². The van der Waals surface area contributed by atoms with E-state index >= 15 is 0 Å². The highest BCUT2D eigenvalue weighted by molar-refractivity contribution is 5.90. The molecule has 4 aromatic carbocycles. The Morgan fingerprint density at radius 1 is 0.840 bits per heavy atom. The van der Waals surface area contributed by atoms with E-state index in [1.165, 1.54) is 12.0 Å². The molecule has 0 fully saturated rings. The van der Waals surface area contributed by atoms with Crippen LogP contribution in [0.25, 0.3) is 11.1 Å². The molecule has 1 aliphatic carbocycles. The molecule has 4 aromatic rings. The van der Waals surface area contributed by atoms with Gasteiger partial charge in [-0.15, -0.1) is 0 Å². The highest BCUT2D eigenvalue weighted by Gasteiger charge is 2.30. The van der Waals surface area contributed by atoms with E-state index in [0.29, 0.717) is 29.4 Å². The van der Waals surface area contributed by atoms with Gasteiger partial charge in [-0.2, -0.15) is 0 Å². The molecule has 11 heteroatoms. The predicted molar refractivity (Wildman–Crippen MR) is 191 cm³/mol. The van der Waals surface area contributed by atoms with E-state index in [1.54, 1.807) is 44.5 Å². The summed E-state index contributed by atoms with van der Waals surface area (Å²) in [6.07, 6.45) is 1.83. The van der Waals surface area contributed by atoms with Crippen LogP contribution in [0.1, 0.15) is 48.8 Å². The first-order chi connectivity index (χ1) is 24.4. The molecule has 0 aromatic heterocycles. The van der Waals surface area contributed by atoms with E-state index < -0.39 is 18.0 Å². The Balaban J connectivity index is 1.27. The average Bonchev–Trinajstić information content (AvgIpc) is 3.48. The Labute approximate surface area is 292 Å². The number of fused-ring (bicyclic) bond motifs is 3. The summed E-state index contributed by atoms with van der Waals surface area (Å²) in [6.45, 7) is 2.11. The van der Waals surface area contributed by atoms with Crippen LogP contribution >= 0.6 is 0 Å². The maximum atomic E-state index is 13.9. The molecular weight excluding hydrogens is 636 g/mol. The summed E-state index contributed by atoms with van der Waals surface area (Å²) >= 11 is 0. The minimum absolute atomic E-state index is 0.0965. The van der Waals surface area contributed by atoms with Crippen LogP contribution in [-0.2, 0) is 20.9 Å². The monoisotopic (exact) mass is 680 g/mol. The first kappa shape index (κ1) is 35.7. The zero-order chi connectivity index (χ0) is 35.5. The largest absolute Gasteiger partial charge is 0.497 e. The molecule has 50 heavy (non-hydrogen) atoms. The van der Waals surface area contributed by atoms with E-state index in [0.717, 1.165) is 40.7 Å². The lowest BCUT2D eigenvalue weighted by atomic mass is 9.98. The molecule has 1 atom stereocenters. The van der Waals surface area contributed by atoms with Gasteiger partial charge >= 0.3 is 6.09 Å². The van der Waals surface area contributed by atoms with Crippen LogP contribution in [-0.4, -0.2) is 58.4 Å². The molecule has 0 spiro atoms. The standard InChI is InChI=1S/C39H44N4O7/c1-5-6-15-34(38(45)40-2)41-42-37(44)25-49-27-18-16-26(17-19-27)23-43(35-21-20-28(47-3)22-36(35)48-4)39(46)50-24-33-31-13-9-7-11-29(31)30-12-8-10-14-32(30)33/h7-14,16-22,33-34,41H,5-6,15,23-25H2,1-4H3,(H,40,45)(H,42,44)/t34-/m0/s1. The molecule has 0 heterocycles. The van der Waals surface area contributed by atoms with Gasteiger partial charge in [0.2, 0.25) is 5.91 Å². The number of rotatable bonds is 16. The Bertz CT molecular complexity index is 1730. The second kappa shape index (κ2) is 17.2. The first-order valence-corrected chi connectivity index (χ1v) is 16.7. The third-order valence-corrected chi connectivity index (χ3v) is 8.66. The molecule has 0 saturated carbocycles. The fourth-order valence-corrected chi connectivity index (χ4v) is 6.01. The molecule has 0 unspecified atom stereocenters. The average molecular weight is 681 g/mol. The topological polar surface area (TPSA) is 127 Å². The molecule has 11 nitrogen and oxygen atoms in total. The number of carbonyl (C=O) groups excluding carboxylic acids is 3. The van der Waals surface area contributed by atoms with Crippen LogP contribution < -0.4 is 35.3 Å². The van der Waals surface area contributed by atoms with E-state index in [2.05, 4.69) is 40.4 Å². The van der Waals surface area contributed by atoms with E-state index in [9.17, 15) is 14.4 Å². The Hall–Kier alpha value is -5.55. The van der Waals surface area contributed by atoms with E-state index in [4.69, 9.17) is 18.9 Å². The number of nitrogens with zero attached hydrogens (tertiary/aromatic N) is 1. The summed E-state index contributed by atoms with van der Waals surface area (Å²) in [4.78, 5) is 40.0. The second-order valence-electron chi connectivity index (χ2n) is 11.9. The number of hydrogen-bond acceptors (Lipinski definition) is 8. The van der Waals surface area contributed by atoms with Gasteiger partial charge in [0.15, 0.2) is 6.61 Å². The van der Waals surface area contributed by atoms with Crippen molar-refractivity contribution in [3.8, 4) is 28.4 Å². The number of hydrazine groups is 1. The molecule has 0 saturated heterocycles. The van der Waals surface area contributed by atoms with Crippen molar-refractivity contribution in [2.24, 2.45) is 0 Å². The quantitative estimate of drug-likeness (QED) is 0.124. The maximum absolute atomic E-state index is 13.9. The Morgan fingerprint density at radius 3 is 2.12 bits per heavy atom. The van der Waals surface area contributed by atoms with Crippen molar-refractivity contribution in [1.82, 2.24) is 16.2 Å². The number of methoxy groups -OCH3 is 2. The third-order valence-electron chi connectivity index (χ3n) is 8.66. The second-order valence-corrected chi connectivity index (χ2v) is 11.9. The van der Waals surface area contributed by atoms with Gasteiger partial charge in [-0.3, -0.25) is 19.9 Å². The van der Waals surface area contributed by atoms with Crippen molar-refractivity contribution in [3.05, 3.63) is 108 Å². The zero-order valence-corrected chi connectivity index (χ0v) is 28.9. The van der Waals surface area contributed by atoms with Gasteiger partial charge in [-0.25, -0.2) is 10.2 Å². The normalized spacial score (nSPS) is 12.2. The van der Waals surface area contributed by atoms with Crippen molar-refractivity contribution in [2.45, 2.75) is 44.7 Å². The SMILES string of the molecule is CCCC[C@H](NNC(=O)COc1ccc(CN(C(=O)OCC2c3ccccc3-c3ccccc32)c2ccc(OC)cc2OC)cc1)C(=O)NC. The molecule has 0 radical (unpaired) electrons. The fourth-order valence-electron chi connectivity index (χ4n) is 6.01. The van der Waals surface area contributed by atoms with Gasteiger partial charge in [-0.1, -0.05) is 80.4 Å². The first-order valence-electron chi connectivity index (χ1n) is 16.7. The van der Waals surface area contributed by atoms with Gasteiger partial charge in [0.1, 0.15) is 29.9 Å². The van der Waals surface area contributed by atoms with Gasteiger partial charge in [0.05, 0.1) is 26.5 Å². The van der Waals surface area contributed by atoms with Gasteiger partial charge in [-0.05, 0) is 58.5 Å². The summed E-state index contributed by atoms with van der Waals surface area (Å²) in [6, 6.07) is 28.2. The lowest BCUT2D eigenvalue weighted by molar-refractivity contribution is -0.126. The van der Waals surface area contributed by atoms with Crippen LogP contribution in [0.3, 0.4) is 0 Å². The smallest absolute Gasteiger partial charge is 0.414 e. The number of unbranched alkanes of at least 4 members (excludes halogenated alkanes) is 1. The Kier molecular flexibility index (Phi) is 12.3. The van der Waals surface area contributed by atoms with Gasteiger partial charge < -0.3 is 24.3 Å². The van der Waals surface area contributed by atoms with Crippen LogP contribution in [0.4, 0.5) is 10.5 Å². The van der Waals surface area contributed by atoms with E-state index in [1.807, 2.05) is 43.3 Å². The van der Waals surface area contributed by atoms with Crippen molar-refractivity contribution < 1.29 is 33.3 Å². The maximum Gasteiger partial charge on any atom is 0.414 e. The number of carbonyl (C=O) groups is 3. The highest BCUT2D eigenvalue weighted by Crippen LogP contribution is 2.44. The zero-order valence-electron chi connectivity index (χ0n) is 28.9. The van der Waals surface area contributed by atoms with Crippen molar-refractivity contribution in [2.75, 3.05) is 39.4 Å². The number of ether oxygens (including phenoxy) is 4. The third kappa shape index (κ3) is 8.53. The molecule has 0 aliphatic heterocycles. The van der Waals surface area contributed by atoms with Gasteiger partial charge in [0.25, 0.3) is 5.91 Å². The van der Waals surface area contributed by atoms with E-state index in [-0.39, 0.29) is 31.6 Å². The summed E-state index contributed by atoms with van der Waals surface area (Å²) in [5, 5.41) is 2.60. The number of amides is 3. The number of nitrogens with one attached hydrogen (secondary N) is 3. The molecule has 0 bridgehead atoms. The predicted octanol–water partition coefficient (Wildman–Crippen LogP) is 5.96. The summed E-state index contributed by atoms with van der Waals surface area (Å²) in [7, 11) is 4.66. The molecule has 5 rings (SSSR count). The lowest BCUT2D eigenvalue weighted by Crippen LogP contribution is -2.52. The highest BCUT2D eigenvalue weighted by atomic mass is 16.6. The van der Waals surface area contributed by atoms with Crippen molar-refractivity contribution in [3.63, 3.8) is 0 Å². The Morgan fingerprint density at radius 2 is 1.50 bits per heavy atom. The fraction of sp³-hybridized carbons (Fsp3) is 0.308. The minimum atomic E-state index is -0.535. The van der Waals surface area contributed by atoms with Crippen molar-refractivity contribution in [1.29, 1.82) is 0 Å². The van der Waals surface area contributed by atoms with Crippen molar-refractivity contribution >= 4 is 23.6 Å². The number of benzene rings is 4. The summed E-state index contributed by atoms with van der Waals surface area (Å²) < 4.78 is 22.8. The minimum Gasteiger partial charge on any atom is -0.497 e. The van der Waals surface area contributed by atoms with Crippen LogP contribution in [0.5, 0.6) is 17.2 Å². The molecule has 1 aliphatic rings. The number of hydrogen-bond donors (Lipinski definition) is 3. The molecular formula is C39H44N4O7. The lowest BCUT2D eigenvalue weighted by Gasteiger charge is -2.25. The molecule has 3 amide bonds. The molecule has 262 valence electrons. The number of anilines is 1. The summed E-state index contributed by atoms with van der Waals surface area (Å²) in [5.74, 6) is 0.783. The van der Waals surface area contributed by atoms with Gasteiger partial charge in [0, 0.05) is 19.0 Å². The number of likely N-dealkylation sites (N-methyl/N-ethyl adjacent to an activating group) is 1.